The Morgan fingerprint density at radius 1 is 0.975 bits per heavy atom. The highest BCUT2D eigenvalue weighted by Crippen LogP contribution is 2.32. The van der Waals surface area contributed by atoms with Crippen molar-refractivity contribution in [3.8, 4) is 5.75 Å². The molecular formula is C31H39N3O5S. The minimum Gasteiger partial charge on any atom is -0.493 e. The van der Waals surface area contributed by atoms with Crippen LogP contribution in [0.5, 0.6) is 5.75 Å². The standard InChI is InChI=1S/C31H39N3O5S/c1-23-13-15-27(16-14-23)40(36,37)34-26-19-25(20-32-21-26)31(35)33-22-29(24-9-4-3-5-10-24)28-11-6-7-12-30(28)39-18-8-17-38-2/h3-7,9-16,25-26,29,32,34H,8,17-22H2,1-2H3,(H,33,35). The largest absolute Gasteiger partial charge is 0.493 e. The van der Waals surface area contributed by atoms with Crippen molar-refractivity contribution < 1.29 is 22.7 Å². The Morgan fingerprint density at radius 3 is 2.45 bits per heavy atom. The average molecular weight is 566 g/mol. The van der Waals surface area contributed by atoms with Crippen molar-refractivity contribution in [3.05, 3.63) is 95.6 Å². The van der Waals surface area contributed by atoms with Crippen LogP contribution in [0.4, 0.5) is 0 Å². The van der Waals surface area contributed by atoms with Gasteiger partial charge in [-0.1, -0.05) is 66.2 Å². The summed E-state index contributed by atoms with van der Waals surface area (Å²) in [5.74, 6) is 0.199. The van der Waals surface area contributed by atoms with E-state index in [1.165, 1.54) is 0 Å². The van der Waals surface area contributed by atoms with Crippen molar-refractivity contribution in [1.82, 2.24) is 15.4 Å². The molecule has 0 spiro atoms. The maximum Gasteiger partial charge on any atom is 0.240 e. The Labute approximate surface area is 237 Å². The highest BCUT2D eigenvalue weighted by atomic mass is 32.2. The van der Waals surface area contributed by atoms with Gasteiger partial charge in [-0.25, -0.2) is 13.1 Å². The molecule has 1 saturated heterocycles. The van der Waals surface area contributed by atoms with E-state index in [4.69, 9.17) is 9.47 Å². The number of methoxy groups -OCH3 is 1. The van der Waals surface area contributed by atoms with Gasteiger partial charge in [0, 0.05) is 57.3 Å². The molecule has 3 atom stereocenters. The second kappa shape index (κ2) is 14.4. The Hall–Kier alpha value is -3.24. The lowest BCUT2D eigenvalue weighted by atomic mass is 9.89. The van der Waals surface area contributed by atoms with Crippen LogP contribution in [0.25, 0.3) is 0 Å². The van der Waals surface area contributed by atoms with Crippen LogP contribution in [0.1, 0.15) is 35.4 Å². The van der Waals surface area contributed by atoms with Crippen LogP contribution in [-0.2, 0) is 19.6 Å². The molecule has 9 heteroatoms. The minimum atomic E-state index is -3.68. The first kappa shape index (κ1) is 29.7. The van der Waals surface area contributed by atoms with Crippen molar-refractivity contribution in [1.29, 1.82) is 0 Å². The lowest BCUT2D eigenvalue weighted by Crippen LogP contribution is -2.52. The van der Waals surface area contributed by atoms with Crippen LogP contribution in [0.3, 0.4) is 0 Å². The predicted octanol–water partition coefficient (Wildman–Crippen LogP) is 3.62. The first-order valence-electron chi connectivity index (χ1n) is 13.7. The first-order chi connectivity index (χ1) is 19.4. The zero-order chi connectivity index (χ0) is 28.4. The van der Waals surface area contributed by atoms with E-state index in [0.717, 1.165) is 28.9 Å². The van der Waals surface area contributed by atoms with E-state index < -0.39 is 10.0 Å². The van der Waals surface area contributed by atoms with Crippen LogP contribution in [0, 0.1) is 12.8 Å². The summed E-state index contributed by atoms with van der Waals surface area (Å²) in [6.07, 6.45) is 1.19. The number of ether oxygens (including phenoxy) is 2. The van der Waals surface area contributed by atoms with Crippen LogP contribution in [0.2, 0.25) is 0 Å². The van der Waals surface area contributed by atoms with Gasteiger partial charge in [0.15, 0.2) is 0 Å². The molecule has 3 N–H and O–H groups in total. The van der Waals surface area contributed by atoms with Gasteiger partial charge >= 0.3 is 0 Å². The lowest BCUT2D eigenvalue weighted by Gasteiger charge is -2.30. The molecule has 40 heavy (non-hydrogen) atoms. The molecule has 8 nitrogen and oxygen atoms in total. The van der Waals surface area contributed by atoms with Gasteiger partial charge in [-0.3, -0.25) is 4.79 Å². The second-order valence-corrected chi connectivity index (χ2v) is 11.9. The van der Waals surface area contributed by atoms with Gasteiger partial charge in [-0.15, -0.1) is 0 Å². The van der Waals surface area contributed by atoms with Gasteiger partial charge in [0.05, 0.1) is 17.4 Å². The molecule has 1 amide bonds. The zero-order valence-electron chi connectivity index (χ0n) is 23.1. The number of benzene rings is 3. The third kappa shape index (κ3) is 8.14. The highest BCUT2D eigenvalue weighted by Gasteiger charge is 2.31. The van der Waals surface area contributed by atoms with Crippen LogP contribution >= 0.6 is 0 Å². The van der Waals surface area contributed by atoms with Gasteiger partial charge in [0.25, 0.3) is 0 Å². The number of hydrogen-bond acceptors (Lipinski definition) is 6. The topological polar surface area (TPSA) is 106 Å². The van der Waals surface area contributed by atoms with Crippen molar-refractivity contribution >= 4 is 15.9 Å². The summed E-state index contributed by atoms with van der Waals surface area (Å²) < 4.78 is 39.8. The number of aryl methyl sites for hydroxylation is 1. The smallest absolute Gasteiger partial charge is 0.240 e. The fraction of sp³-hybridized carbons (Fsp3) is 0.387. The first-order valence-corrected chi connectivity index (χ1v) is 15.2. The van der Waals surface area contributed by atoms with E-state index in [2.05, 4.69) is 27.5 Å². The van der Waals surface area contributed by atoms with Crippen LogP contribution < -0.4 is 20.1 Å². The van der Waals surface area contributed by atoms with Crippen LogP contribution in [-0.4, -0.2) is 60.3 Å². The summed E-state index contributed by atoms with van der Waals surface area (Å²) in [5, 5.41) is 6.37. The summed E-state index contributed by atoms with van der Waals surface area (Å²) in [5.41, 5.74) is 3.06. The van der Waals surface area contributed by atoms with E-state index in [1.54, 1.807) is 31.4 Å². The SMILES string of the molecule is COCCCOc1ccccc1C(CNC(=O)C1CNCC(NS(=O)(=O)c2ccc(C)cc2)C1)c1ccccc1. The number of amides is 1. The van der Waals surface area contributed by atoms with E-state index in [0.29, 0.717) is 39.3 Å². The number of sulfonamides is 1. The molecule has 0 aromatic heterocycles. The molecule has 0 saturated carbocycles. The lowest BCUT2D eigenvalue weighted by molar-refractivity contribution is -0.125. The van der Waals surface area contributed by atoms with Gasteiger partial charge in [0.2, 0.25) is 15.9 Å². The molecule has 3 unspecified atom stereocenters. The molecule has 0 bridgehead atoms. The summed E-state index contributed by atoms with van der Waals surface area (Å²) in [6.45, 7) is 4.41. The third-order valence-corrected chi connectivity index (χ3v) is 8.64. The van der Waals surface area contributed by atoms with Crippen molar-refractivity contribution in [3.63, 3.8) is 0 Å². The quantitative estimate of drug-likeness (QED) is 0.274. The van der Waals surface area contributed by atoms with Gasteiger partial charge in [-0.2, -0.15) is 0 Å². The number of carbonyl (C=O) groups is 1. The zero-order valence-corrected chi connectivity index (χ0v) is 24.0. The van der Waals surface area contributed by atoms with Crippen molar-refractivity contribution in [2.75, 3.05) is 40.0 Å². The molecule has 0 radical (unpaired) electrons. The Kier molecular flexibility index (Phi) is 10.7. The van der Waals surface area contributed by atoms with Crippen molar-refractivity contribution in [2.24, 2.45) is 5.92 Å². The number of hydrogen-bond donors (Lipinski definition) is 3. The molecule has 214 valence electrons. The molecule has 1 aliphatic rings. The second-order valence-electron chi connectivity index (χ2n) is 10.2. The number of para-hydroxylation sites is 1. The fourth-order valence-electron chi connectivity index (χ4n) is 4.96. The van der Waals surface area contributed by atoms with Crippen LogP contribution in [0.15, 0.2) is 83.8 Å². The summed E-state index contributed by atoms with van der Waals surface area (Å²) >= 11 is 0. The summed E-state index contributed by atoms with van der Waals surface area (Å²) in [6, 6.07) is 24.3. The minimum absolute atomic E-state index is 0.105. The Morgan fingerprint density at radius 2 is 1.70 bits per heavy atom. The van der Waals surface area contributed by atoms with E-state index in [-0.39, 0.29) is 28.7 Å². The van der Waals surface area contributed by atoms with Gasteiger partial charge in [-0.05, 0) is 37.1 Å². The van der Waals surface area contributed by atoms with E-state index in [9.17, 15) is 13.2 Å². The molecule has 3 aromatic carbocycles. The number of nitrogens with one attached hydrogen (secondary N) is 3. The molecule has 1 aliphatic heterocycles. The van der Waals surface area contributed by atoms with Gasteiger partial charge < -0.3 is 20.1 Å². The molecule has 3 aromatic rings. The van der Waals surface area contributed by atoms with Gasteiger partial charge in [0.1, 0.15) is 5.75 Å². The molecule has 0 aliphatic carbocycles. The fourth-order valence-corrected chi connectivity index (χ4v) is 6.21. The molecule has 1 heterocycles. The van der Waals surface area contributed by atoms with E-state index in [1.807, 2.05) is 49.4 Å². The molecular weight excluding hydrogens is 526 g/mol. The highest BCUT2D eigenvalue weighted by molar-refractivity contribution is 7.89. The average Bonchev–Trinajstić information content (AvgIpc) is 2.96. The van der Waals surface area contributed by atoms with Crippen molar-refractivity contribution in [2.45, 2.75) is 36.6 Å². The normalized spacial score (nSPS) is 18.1. The number of rotatable bonds is 13. The molecule has 1 fully saturated rings. The Balaban J connectivity index is 1.42. The maximum atomic E-state index is 13.3. The third-order valence-electron chi connectivity index (χ3n) is 7.10. The summed E-state index contributed by atoms with van der Waals surface area (Å²) in [7, 11) is -2.01. The molecule has 4 rings (SSSR count). The Bertz CT molecular complexity index is 1330. The summed E-state index contributed by atoms with van der Waals surface area (Å²) in [4.78, 5) is 13.6. The number of piperidine rings is 1. The van der Waals surface area contributed by atoms with E-state index >= 15 is 0 Å². The number of carbonyl (C=O) groups excluding carboxylic acids is 1. The predicted molar refractivity (Wildman–Crippen MR) is 156 cm³/mol. The monoisotopic (exact) mass is 565 g/mol. The maximum absolute atomic E-state index is 13.3.